The first kappa shape index (κ1) is 18.6. The van der Waals surface area contributed by atoms with Crippen LogP contribution in [-0.2, 0) is 21.3 Å². The van der Waals surface area contributed by atoms with Gasteiger partial charge in [0.05, 0.1) is 11.5 Å². The molecule has 0 aliphatic heterocycles. The maximum absolute atomic E-state index is 12.6. The molecule has 1 aromatic rings. The van der Waals surface area contributed by atoms with Crippen molar-refractivity contribution in [1.29, 1.82) is 0 Å². The summed E-state index contributed by atoms with van der Waals surface area (Å²) in [6.45, 7) is 6.58. The number of nitrogens with zero attached hydrogens (tertiary/aromatic N) is 1. The number of rotatable bonds is 9. The van der Waals surface area contributed by atoms with Crippen LogP contribution in [0.15, 0.2) is 27.6 Å². The number of benzene rings is 1. The van der Waals surface area contributed by atoms with E-state index in [0.717, 1.165) is 18.7 Å². The van der Waals surface area contributed by atoms with Crippen LogP contribution in [0.4, 0.5) is 0 Å². The Balaban J connectivity index is 3.01. The van der Waals surface area contributed by atoms with Gasteiger partial charge >= 0.3 is 0 Å². The van der Waals surface area contributed by atoms with Gasteiger partial charge in [0.25, 0.3) is 0 Å². The Morgan fingerprint density at radius 3 is 2.57 bits per heavy atom. The third-order valence-corrected chi connectivity index (χ3v) is 6.04. The highest BCUT2D eigenvalue weighted by Gasteiger charge is 2.25. The van der Waals surface area contributed by atoms with E-state index >= 15 is 0 Å². The Morgan fingerprint density at radius 1 is 1.33 bits per heavy atom. The second kappa shape index (κ2) is 8.85. The largest absolute Gasteiger partial charge is 0.383 e. The fraction of sp³-hybridized carbons (Fsp3) is 0.571. The normalized spacial score (nSPS) is 12.0. The van der Waals surface area contributed by atoms with Gasteiger partial charge in [-0.25, -0.2) is 8.42 Å². The Hall–Kier alpha value is -0.470. The number of sulfonamides is 1. The fourth-order valence-electron chi connectivity index (χ4n) is 1.91. The van der Waals surface area contributed by atoms with Gasteiger partial charge in [-0.3, -0.25) is 0 Å². The van der Waals surface area contributed by atoms with E-state index in [9.17, 15) is 8.42 Å². The molecule has 120 valence electrons. The van der Waals surface area contributed by atoms with Gasteiger partial charge < -0.3 is 10.1 Å². The molecule has 0 amide bonds. The van der Waals surface area contributed by atoms with Gasteiger partial charge in [-0.2, -0.15) is 4.31 Å². The van der Waals surface area contributed by atoms with Crippen molar-refractivity contribution in [3.05, 3.63) is 28.2 Å². The molecule has 1 aromatic carbocycles. The van der Waals surface area contributed by atoms with E-state index in [4.69, 9.17) is 4.74 Å². The standard InChI is InChI=1S/C14H23BrN2O3S/c1-4-16-11-12-6-7-14(13(15)10-12)21(18,19)17(5-2)8-9-20-3/h6-7,10,16H,4-5,8-9,11H2,1-3H3. The molecule has 5 nitrogen and oxygen atoms in total. The third-order valence-electron chi connectivity index (χ3n) is 3.09. The first-order valence-corrected chi connectivity index (χ1v) is 9.18. The predicted molar refractivity (Wildman–Crippen MR) is 87.8 cm³/mol. The molecule has 1 rings (SSSR count). The zero-order chi connectivity index (χ0) is 15.9. The van der Waals surface area contributed by atoms with E-state index in [1.807, 2.05) is 26.0 Å². The number of hydrogen-bond donors (Lipinski definition) is 1. The van der Waals surface area contributed by atoms with E-state index in [1.54, 1.807) is 13.2 Å². The van der Waals surface area contributed by atoms with Gasteiger partial charge in [-0.15, -0.1) is 0 Å². The number of halogens is 1. The molecule has 0 radical (unpaired) electrons. The van der Waals surface area contributed by atoms with Gasteiger partial charge in [0, 0.05) is 31.2 Å². The van der Waals surface area contributed by atoms with Gasteiger partial charge in [-0.05, 0) is 40.2 Å². The second-order valence-corrected chi connectivity index (χ2v) is 7.30. The molecule has 0 atom stereocenters. The van der Waals surface area contributed by atoms with Crippen molar-refractivity contribution in [1.82, 2.24) is 9.62 Å². The summed E-state index contributed by atoms with van der Waals surface area (Å²) in [6.07, 6.45) is 0. The first-order chi connectivity index (χ1) is 9.97. The summed E-state index contributed by atoms with van der Waals surface area (Å²) in [6, 6.07) is 5.34. The Morgan fingerprint density at radius 2 is 2.05 bits per heavy atom. The van der Waals surface area contributed by atoms with Crippen molar-refractivity contribution < 1.29 is 13.2 Å². The van der Waals surface area contributed by atoms with Crippen LogP contribution in [0.25, 0.3) is 0 Å². The van der Waals surface area contributed by atoms with Gasteiger partial charge in [-0.1, -0.05) is 19.9 Å². The summed E-state index contributed by atoms with van der Waals surface area (Å²) < 4.78 is 32.3. The van der Waals surface area contributed by atoms with Crippen molar-refractivity contribution >= 4 is 26.0 Å². The number of ether oxygens (including phenoxy) is 1. The molecule has 0 aromatic heterocycles. The van der Waals surface area contributed by atoms with Gasteiger partial charge in [0.15, 0.2) is 0 Å². The lowest BCUT2D eigenvalue weighted by Gasteiger charge is -2.21. The number of methoxy groups -OCH3 is 1. The average molecular weight is 379 g/mol. The van der Waals surface area contributed by atoms with Crippen molar-refractivity contribution in [3.63, 3.8) is 0 Å². The summed E-state index contributed by atoms with van der Waals surface area (Å²) in [4.78, 5) is 0.292. The van der Waals surface area contributed by atoms with Gasteiger partial charge in [0.2, 0.25) is 10.0 Å². The van der Waals surface area contributed by atoms with Crippen LogP contribution < -0.4 is 5.32 Å². The van der Waals surface area contributed by atoms with Crippen molar-refractivity contribution in [2.24, 2.45) is 0 Å². The van der Waals surface area contributed by atoms with Crippen LogP contribution in [0.3, 0.4) is 0 Å². The summed E-state index contributed by atoms with van der Waals surface area (Å²) in [5.74, 6) is 0. The van der Waals surface area contributed by atoms with Crippen molar-refractivity contribution in [3.8, 4) is 0 Å². The molecule has 0 aliphatic carbocycles. The lowest BCUT2D eigenvalue weighted by molar-refractivity contribution is 0.180. The first-order valence-electron chi connectivity index (χ1n) is 6.95. The maximum atomic E-state index is 12.6. The minimum Gasteiger partial charge on any atom is -0.383 e. The smallest absolute Gasteiger partial charge is 0.244 e. The van der Waals surface area contributed by atoms with Crippen LogP contribution in [-0.4, -0.2) is 46.1 Å². The average Bonchev–Trinajstić information content (AvgIpc) is 2.45. The quantitative estimate of drug-likeness (QED) is 0.715. The van der Waals surface area contributed by atoms with Crippen molar-refractivity contribution in [2.75, 3.05) is 33.4 Å². The predicted octanol–water partition coefficient (Wildman–Crippen LogP) is 2.22. The number of nitrogens with one attached hydrogen (secondary N) is 1. The van der Waals surface area contributed by atoms with E-state index in [2.05, 4.69) is 21.2 Å². The van der Waals surface area contributed by atoms with Crippen LogP contribution in [0.5, 0.6) is 0 Å². The molecule has 1 N–H and O–H groups in total. The van der Waals surface area contributed by atoms with E-state index in [-0.39, 0.29) is 0 Å². The minimum atomic E-state index is -3.51. The van der Waals surface area contributed by atoms with Crippen LogP contribution in [0.2, 0.25) is 0 Å². The Bertz CT molecular complexity index is 549. The zero-order valence-electron chi connectivity index (χ0n) is 12.7. The highest BCUT2D eigenvalue weighted by molar-refractivity contribution is 9.10. The molecule has 7 heteroatoms. The maximum Gasteiger partial charge on any atom is 0.244 e. The molecule has 0 fully saturated rings. The number of likely N-dealkylation sites (N-methyl/N-ethyl adjacent to an activating group) is 1. The Kier molecular flexibility index (Phi) is 7.83. The molecule has 0 heterocycles. The SMILES string of the molecule is CCNCc1ccc(S(=O)(=O)N(CC)CCOC)c(Br)c1. The van der Waals surface area contributed by atoms with E-state index in [0.29, 0.717) is 29.1 Å². The highest BCUT2D eigenvalue weighted by atomic mass is 79.9. The monoisotopic (exact) mass is 378 g/mol. The van der Waals surface area contributed by atoms with E-state index in [1.165, 1.54) is 4.31 Å². The molecule has 0 saturated carbocycles. The van der Waals surface area contributed by atoms with Gasteiger partial charge in [0.1, 0.15) is 0 Å². The zero-order valence-corrected chi connectivity index (χ0v) is 15.1. The summed E-state index contributed by atoms with van der Waals surface area (Å²) in [5, 5.41) is 3.21. The highest BCUT2D eigenvalue weighted by Crippen LogP contribution is 2.26. The number of hydrogen-bond acceptors (Lipinski definition) is 4. The molecular formula is C14H23BrN2O3S. The fourth-order valence-corrected chi connectivity index (χ4v) is 4.43. The lowest BCUT2D eigenvalue weighted by atomic mass is 10.2. The van der Waals surface area contributed by atoms with Crippen LogP contribution in [0, 0.1) is 0 Å². The summed E-state index contributed by atoms with van der Waals surface area (Å²) in [5.41, 5.74) is 1.04. The Labute approximate surface area is 135 Å². The third kappa shape index (κ3) is 5.03. The van der Waals surface area contributed by atoms with Crippen molar-refractivity contribution in [2.45, 2.75) is 25.3 Å². The molecule has 0 spiro atoms. The second-order valence-electron chi connectivity index (χ2n) is 4.53. The minimum absolute atomic E-state index is 0.292. The summed E-state index contributed by atoms with van der Waals surface area (Å²) in [7, 11) is -1.94. The molecule has 0 saturated heterocycles. The van der Waals surface area contributed by atoms with E-state index < -0.39 is 10.0 Å². The molecular weight excluding hydrogens is 356 g/mol. The molecule has 21 heavy (non-hydrogen) atoms. The molecule has 0 aliphatic rings. The summed E-state index contributed by atoms with van der Waals surface area (Å²) >= 11 is 3.38. The topological polar surface area (TPSA) is 58.6 Å². The molecule has 0 unspecified atom stereocenters. The van der Waals surface area contributed by atoms with Crippen LogP contribution in [0.1, 0.15) is 19.4 Å². The van der Waals surface area contributed by atoms with Crippen LogP contribution >= 0.6 is 15.9 Å². The molecule has 0 bridgehead atoms. The lowest BCUT2D eigenvalue weighted by Crippen LogP contribution is -2.34.